The number of aryl methyl sites for hydroxylation is 1. The molecule has 6 N–H and O–H groups in total. The molecule has 2 aliphatic heterocycles. The van der Waals surface area contributed by atoms with Crippen LogP contribution in [0.3, 0.4) is 0 Å². The van der Waals surface area contributed by atoms with Gasteiger partial charge in [0.15, 0.2) is 6.29 Å². The number of hydrogen-bond acceptors (Lipinski definition) is 15. The van der Waals surface area contributed by atoms with Crippen LogP contribution in [0.25, 0.3) is 0 Å². The van der Waals surface area contributed by atoms with Crippen LogP contribution in [0, 0.1) is 6.92 Å². The van der Waals surface area contributed by atoms with Gasteiger partial charge < -0.3 is 39.7 Å². The smallest absolute Gasteiger partial charge is 0.478 e. The minimum absolute atomic E-state index is 0.170. The van der Waals surface area contributed by atoms with Crippen LogP contribution in [0.4, 0.5) is 0 Å². The summed E-state index contributed by atoms with van der Waals surface area (Å²) in [6.07, 6.45) is -11.6. The zero-order chi connectivity index (χ0) is 27.0. The van der Waals surface area contributed by atoms with Crippen LogP contribution in [0.5, 0.6) is 0 Å². The molecule has 1 aromatic rings. The Morgan fingerprint density at radius 1 is 1.17 bits per heavy atom. The Labute approximate surface area is 207 Å². The van der Waals surface area contributed by atoms with Crippen LogP contribution >= 0.6 is 28.3 Å². The van der Waals surface area contributed by atoms with Crippen molar-refractivity contribution < 1.29 is 62.2 Å². The molecule has 20 heteroatoms. The zero-order valence-corrected chi connectivity index (χ0v) is 21.1. The Hall–Kier alpha value is -0.950. The maximum Gasteiger partial charge on any atom is 0.478 e. The monoisotopic (exact) mass is 579 g/mol. The molecule has 2 fully saturated rings. The molecular weight excluding hydrogens is 554 g/mol. The third-order valence-corrected chi connectivity index (χ3v) is 8.27. The molecule has 36 heavy (non-hydrogen) atoms. The van der Waals surface area contributed by atoms with E-state index in [1.807, 2.05) is 0 Å². The van der Waals surface area contributed by atoms with Gasteiger partial charge in [0.25, 0.3) is 13.4 Å². The number of phosphoric acid groups is 2. The fourth-order valence-electron chi connectivity index (χ4n) is 3.45. The number of nitrogens with zero attached hydrogens (tertiary/aromatic N) is 1. The Morgan fingerprint density at radius 2 is 1.83 bits per heavy atom. The number of aromatic nitrogens is 2. The Kier molecular flexibility index (Phi) is 9.40. The van der Waals surface area contributed by atoms with Crippen LogP contribution in [-0.4, -0.2) is 90.1 Å². The molecule has 0 spiro atoms. The lowest BCUT2D eigenvalue weighted by Gasteiger charge is -2.41. The molecule has 0 amide bonds. The van der Waals surface area contributed by atoms with Crippen LogP contribution in [-0.2, 0) is 32.0 Å². The van der Waals surface area contributed by atoms with Gasteiger partial charge in [-0.3, -0.25) is 28.0 Å². The third-order valence-electron chi connectivity index (χ3n) is 5.35. The van der Waals surface area contributed by atoms with Gasteiger partial charge in [0.2, 0.25) is 0 Å². The molecule has 0 saturated carbocycles. The van der Waals surface area contributed by atoms with E-state index in [1.165, 1.54) is 13.1 Å². The van der Waals surface area contributed by atoms with E-state index in [4.69, 9.17) is 9.47 Å². The third kappa shape index (κ3) is 6.92. The van der Waals surface area contributed by atoms with Gasteiger partial charge in [-0.2, -0.15) is 12.6 Å². The summed E-state index contributed by atoms with van der Waals surface area (Å²) in [5.41, 5.74) is -1.26. The average Bonchev–Trinajstić information content (AvgIpc) is 3.14. The molecule has 2 saturated heterocycles. The predicted molar refractivity (Wildman–Crippen MR) is 117 cm³/mol. The lowest BCUT2D eigenvalue weighted by atomic mass is 10.0. The molecule has 1 aromatic heterocycles. The van der Waals surface area contributed by atoms with Gasteiger partial charge in [0.05, 0.1) is 18.8 Å². The summed E-state index contributed by atoms with van der Waals surface area (Å²) in [5, 5.41) is 39.6. The van der Waals surface area contributed by atoms with Crippen molar-refractivity contribution in [1.29, 1.82) is 0 Å². The first-order valence-corrected chi connectivity index (χ1v) is 13.9. The van der Waals surface area contributed by atoms with E-state index < -0.39 is 82.6 Å². The molecule has 2 aliphatic rings. The van der Waals surface area contributed by atoms with E-state index >= 15 is 0 Å². The largest absolute Gasteiger partial charge is 0.756 e. The molecular formula is C16H25N2O15P2S-. The molecule has 17 nitrogen and oxygen atoms in total. The highest BCUT2D eigenvalue weighted by Crippen LogP contribution is 2.59. The van der Waals surface area contributed by atoms with Crippen molar-refractivity contribution >= 4 is 28.3 Å². The predicted octanol–water partition coefficient (Wildman–Crippen LogP) is -3.15. The summed E-state index contributed by atoms with van der Waals surface area (Å²) in [7, 11) is -11.1. The Morgan fingerprint density at radius 3 is 2.47 bits per heavy atom. The molecule has 3 rings (SSSR count). The van der Waals surface area contributed by atoms with Crippen molar-refractivity contribution in [2.45, 2.75) is 62.5 Å². The van der Waals surface area contributed by atoms with Crippen LogP contribution in [0.15, 0.2) is 15.8 Å². The van der Waals surface area contributed by atoms with Crippen molar-refractivity contribution in [2.75, 3.05) is 12.4 Å². The first-order chi connectivity index (χ1) is 16.6. The normalized spacial score (nSPS) is 36.3. The quantitative estimate of drug-likeness (QED) is 0.113. The number of aliphatic hydroxyl groups excluding tert-OH is 4. The lowest BCUT2D eigenvalue weighted by Crippen LogP contribution is -2.58. The molecule has 0 radical (unpaired) electrons. The second kappa shape index (κ2) is 11.4. The van der Waals surface area contributed by atoms with E-state index in [-0.39, 0.29) is 17.7 Å². The molecule has 3 heterocycles. The van der Waals surface area contributed by atoms with Gasteiger partial charge in [0.1, 0.15) is 30.6 Å². The highest BCUT2D eigenvalue weighted by atomic mass is 32.1. The summed E-state index contributed by atoms with van der Waals surface area (Å²) in [6, 6.07) is 0. The van der Waals surface area contributed by atoms with E-state index in [0.29, 0.717) is 0 Å². The number of rotatable bonds is 9. The second-order valence-electron chi connectivity index (χ2n) is 8.01. The van der Waals surface area contributed by atoms with Gasteiger partial charge in [-0.05, 0) is 6.92 Å². The van der Waals surface area contributed by atoms with E-state index in [0.717, 1.165) is 4.57 Å². The van der Waals surface area contributed by atoms with Crippen molar-refractivity contribution in [2.24, 2.45) is 0 Å². The minimum atomic E-state index is -5.73. The first-order valence-electron chi connectivity index (χ1n) is 10.3. The average molecular weight is 579 g/mol. The van der Waals surface area contributed by atoms with Crippen molar-refractivity contribution in [3.63, 3.8) is 0 Å². The summed E-state index contributed by atoms with van der Waals surface area (Å²) in [6.45, 7) is 0.569. The molecule has 0 bridgehead atoms. The van der Waals surface area contributed by atoms with Crippen LogP contribution < -0.4 is 16.1 Å². The first kappa shape index (κ1) is 29.6. The van der Waals surface area contributed by atoms with E-state index in [2.05, 4.69) is 31.0 Å². The van der Waals surface area contributed by atoms with E-state index in [9.17, 15) is 48.9 Å². The Balaban J connectivity index is 1.59. The summed E-state index contributed by atoms with van der Waals surface area (Å²) in [5.74, 6) is -0.202. The number of hydrogen-bond donors (Lipinski definition) is 7. The molecule has 206 valence electrons. The van der Waals surface area contributed by atoms with Gasteiger partial charge in [-0.1, -0.05) is 0 Å². The van der Waals surface area contributed by atoms with Gasteiger partial charge in [-0.25, -0.2) is 13.7 Å². The van der Waals surface area contributed by atoms with Crippen molar-refractivity contribution in [3.8, 4) is 0 Å². The highest BCUT2D eigenvalue weighted by molar-refractivity contribution is 7.80. The SMILES string of the molecule is Cc1cn(C2CC(O)C(COP(=O)(O)OP(=O)([O-])OC3OC(CS)C(O)C(O)C3O)O2)c(=O)[nH]c1=O. The standard InChI is InChI=1S/C16H26N2O15P2S/c1-6-3-18(16(24)17-14(6)23)10-2-7(19)8(30-10)4-29-34(25,26)33-35(27,28)32-15-13(22)12(21)11(20)9(5-36)31-15/h3,7-13,15,19-22,36H,2,4-5H2,1H3,(H,25,26)(H,27,28)(H,17,23,24)/p-1. The van der Waals surface area contributed by atoms with E-state index in [1.54, 1.807) is 0 Å². The lowest BCUT2D eigenvalue weighted by molar-refractivity contribution is -0.295. The second-order valence-corrected chi connectivity index (χ2v) is 11.3. The summed E-state index contributed by atoms with van der Waals surface area (Å²) < 4.78 is 48.7. The number of phosphoric ester groups is 2. The molecule has 0 aliphatic carbocycles. The number of thiol groups is 1. The van der Waals surface area contributed by atoms with Crippen LogP contribution in [0.1, 0.15) is 18.2 Å². The van der Waals surface area contributed by atoms with Crippen molar-refractivity contribution in [3.05, 3.63) is 32.6 Å². The number of nitrogens with one attached hydrogen (secondary N) is 1. The van der Waals surface area contributed by atoms with Gasteiger partial charge in [-0.15, -0.1) is 0 Å². The number of ether oxygens (including phenoxy) is 2. The summed E-state index contributed by atoms with van der Waals surface area (Å²) in [4.78, 5) is 47.5. The maximum absolute atomic E-state index is 12.2. The fourth-order valence-corrected chi connectivity index (χ4v) is 5.87. The topological polar surface area (TPSA) is 259 Å². The number of H-pyrrole nitrogens is 1. The number of aromatic amines is 1. The minimum Gasteiger partial charge on any atom is -0.756 e. The fraction of sp³-hybridized carbons (Fsp3) is 0.750. The Bertz CT molecular complexity index is 1140. The number of aliphatic hydroxyl groups is 4. The van der Waals surface area contributed by atoms with Crippen LogP contribution in [0.2, 0.25) is 0 Å². The van der Waals surface area contributed by atoms with Crippen molar-refractivity contribution in [1.82, 2.24) is 9.55 Å². The van der Waals surface area contributed by atoms with Gasteiger partial charge >= 0.3 is 13.5 Å². The molecule has 10 atom stereocenters. The zero-order valence-electron chi connectivity index (χ0n) is 18.4. The highest BCUT2D eigenvalue weighted by Gasteiger charge is 2.46. The summed E-state index contributed by atoms with van der Waals surface area (Å²) >= 11 is 3.85. The maximum atomic E-state index is 12.2. The molecule has 10 unspecified atom stereocenters. The molecule has 0 aromatic carbocycles. The van der Waals surface area contributed by atoms with Gasteiger partial charge in [0, 0.05) is 23.9 Å².